The number of benzene rings is 1. The van der Waals surface area contributed by atoms with E-state index in [0.717, 1.165) is 25.7 Å². The first-order chi connectivity index (χ1) is 9.99. The van der Waals surface area contributed by atoms with Gasteiger partial charge in [0, 0.05) is 24.6 Å². The van der Waals surface area contributed by atoms with Gasteiger partial charge >= 0.3 is 0 Å². The summed E-state index contributed by atoms with van der Waals surface area (Å²) in [6, 6.07) is 4.44. The Labute approximate surface area is 129 Å². The number of carbonyl (C=O) groups excluding carboxylic acids is 2. The third kappa shape index (κ3) is 3.97. The van der Waals surface area contributed by atoms with Crippen molar-refractivity contribution >= 4 is 23.3 Å². The van der Waals surface area contributed by atoms with E-state index in [9.17, 15) is 14.7 Å². The summed E-state index contributed by atoms with van der Waals surface area (Å²) in [4.78, 5) is 25.9. The van der Waals surface area contributed by atoms with Gasteiger partial charge in [0.15, 0.2) is 0 Å². The first-order valence-corrected chi connectivity index (χ1v) is 7.65. The molecule has 1 atom stereocenters. The van der Waals surface area contributed by atoms with Gasteiger partial charge in [0.1, 0.15) is 11.5 Å². The van der Waals surface area contributed by atoms with E-state index in [1.165, 1.54) is 12.1 Å². The van der Waals surface area contributed by atoms with Crippen LogP contribution in [0, 0.1) is 0 Å². The summed E-state index contributed by atoms with van der Waals surface area (Å²) in [7, 11) is 0. The van der Waals surface area contributed by atoms with Gasteiger partial charge < -0.3 is 10.0 Å². The smallest absolute Gasteiger partial charge is 0.254 e. The van der Waals surface area contributed by atoms with E-state index < -0.39 is 0 Å². The second kappa shape index (κ2) is 6.94. The first kappa shape index (κ1) is 15.8. The van der Waals surface area contributed by atoms with Crippen LogP contribution < -0.4 is 0 Å². The van der Waals surface area contributed by atoms with Gasteiger partial charge in [-0.05, 0) is 38.0 Å². The monoisotopic (exact) mass is 309 g/mol. The van der Waals surface area contributed by atoms with Crippen LogP contribution in [0.25, 0.3) is 0 Å². The maximum atomic E-state index is 12.7. The first-order valence-electron chi connectivity index (χ1n) is 7.28. The topological polar surface area (TPSA) is 57.6 Å². The van der Waals surface area contributed by atoms with Gasteiger partial charge in [0.2, 0.25) is 0 Å². The van der Waals surface area contributed by atoms with E-state index in [1.807, 2.05) is 0 Å². The number of hydrogen-bond donors (Lipinski definition) is 1. The summed E-state index contributed by atoms with van der Waals surface area (Å²) in [5, 5.41) is 9.62. The Morgan fingerprint density at radius 1 is 1.33 bits per heavy atom. The van der Waals surface area contributed by atoms with Gasteiger partial charge in [-0.2, -0.15) is 0 Å². The molecule has 0 aromatic heterocycles. The van der Waals surface area contributed by atoms with Crippen LogP contribution in [-0.4, -0.2) is 34.3 Å². The SMILES string of the molecule is CC(=O)CC1CCCCCN1C(=O)c1ccc(O)c(Cl)c1. The van der Waals surface area contributed by atoms with Crippen molar-refractivity contribution < 1.29 is 14.7 Å². The van der Waals surface area contributed by atoms with Crippen molar-refractivity contribution in [2.75, 3.05) is 6.54 Å². The van der Waals surface area contributed by atoms with Crippen LogP contribution in [0.4, 0.5) is 0 Å². The lowest BCUT2D eigenvalue weighted by Crippen LogP contribution is -2.41. The predicted octanol–water partition coefficient (Wildman–Crippen LogP) is 3.41. The Hall–Kier alpha value is -1.55. The molecule has 2 rings (SSSR count). The van der Waals surface area contributed by atoms with Gasteiger partial charge in [0.25, 0.3) is 5.91 Å². The number of likely N-dealkylation sites (tertiary alicyclic amines) is 1. The van der Waals surface area contributed by atoms with E-state index in [1.54, 1.807) is 17.9 Å². The van der Waals surface area contributed by atoms with Crippen LogP contribution in [0.3, 0.4) is 0 Å². The second-order valence-electron chi connectivity index (χ2n) is 5.57. The molecular weight excluding hydrogens is 290 g/mol. The van der Waals surface area contributed by atoms with Gasteiger partial charge in [-0.25, -0.2) is 0 Å². The van der Waals surface area contributed by atoms with Crippen LogP contribution in [0.1, 0.15) is 49.4 Å². The molecule has 21 heavy (non-hydrogen) atoms. The molecule has 1 aromatic rings. The summed E-state index contributed by atoms with van der Waals surface area (Å²) < 4.78 is 0. The van der Waals surface area contributed by atoms with Crippen LogP contribution in [0.15, 0.2) is 18.2 Å². The van der Waals surface area contributed by atoms with Crippen molar-refractivity contribution in [2.45, 2.75) is 45.1 Å². The molecule has 0 saturated carbocycles. The number of carbonyl (C=O) groups is 2. The zero-order chi connectivity index (χ0) is 15.4. The van der Waals surface area contributed by atoms with E-state index in [4.69, 9.17) is 11.6 Å². The van der Waals surface area contributed by atoms with Crippen molar-refractivity contribution in [2.24, 2.45) is 0 Å². The maximum absolute atomic E-state index is 12.7. The average molecular weight is 310 g/mol. The van der Waals surface area contributed by atoms with Crippen molar-refractivity contribution in [1.82, 2.24) is 4.90 Å². The van der Waals surface area contributed by atoms with E-state index in [0.29, 0.717) is 18.5 Å². The molecule has 0 bridgehead atoms. The molecule has 4 nitrogen and oxygen atoms in total. The van der Waals surface area contributed by atoms with Crippen molar-refractivity contribution in [3.05, 3.63) is 28.8 Å². The quantitative estimate of drug-likeness (QED) is 0.931. The number of amides is 1. The van der Waals surface area contributed by atoms with Gasteiger partial charge in [-0.1, -0.05) is 24.4 Å². The zero-order valence-corrected chi connectivity index (χ0v) is 12.9. The number of hydrogen-bond acceptors (Lipinski definition) is 3. The Bertz CT molecular complexity index is 544. The van der Waals surface area contributed by atoms with Gasteiger partial charge in [-0.3, -0.25) is 9.59 Å². The minimum Gasteiger partial charge on any atom is -0.506 e. The van der Waals surface area contributed by atoms with Gasteiger partial charge in [-0.15, -0.1) is 0 Å². The molecule has 1 heterocycles. The van der Waals surface area contributed by atoms with E-state index >= 15 is 0 Å². The average Bonchev–Trinajstić information content (AvgIpc) is 2.66. The number of ketones is 1. The molecule has 1 aliphatic rings. The minimum atomic E-state index is -0.120. The Balaban J connectivity index is 2.23. The number of aromatic hydroxyl groups is 1. The normalized spacial score (nSPS) is 19.1. The highest BCUT2D eigenvalue weighted by molar-refractivity contribution is 6.32. The zero-order valence-electron chi connectivity index (χ0n) is 12.1. The molecule has 1 fully saturated rings. The molecule has 1 saturated heterocycles. The predicted molar refractivity (Wildman–Crippen MR) is 81.7 cm³/mol. The Morgan fingerprint density at radius 2 is 2.10 bits per heavy atom. The number of Topliss-reactive ketones (excluding diaryl/α,β-unsaturated/α-hetero) is 1. The molecule has 1 amide bonds. The van der Waals surface area contributed by atoms with Gasteiger partial charge in [0.05, 0.1) is 5.02 Å². The lowest BCUT2D eigenvalue weighted by molar-refractivity contribution is -0.118. The van der Waals surface area contributed by atoms with E-state index in [-0.39, 0.29) is 28.5 Å². The van der Waals surface area contributed by atoms with Crippen LogP contribution >= 0.6 is 11.6 Å². The lowest BCUT2D eigenvalue weighted by atomic mass is 10.0. The third-order valence-electron chi connectivity index (χ3n) is 3.86. The summed E-state index contributed by atoms with van der Waals surface area (Å²) in [5.41, 5.74) is 0.452. The molecule has 0 radical (unpaired) electrons. The molecule has 1 aliphatic heterocycles. The highest BCUT2D eigenvalue weighted by Gasteiger charge is 2.27. The van der Waals surface area contributed by atoms with Crippen LogP contribution in [-0.2, 0) is 4.79 Å². The third-order valence-corrected chi connectivity index (χ3v) is 4.16. The van der Waals surface area contributed by atoms with E-state index in [2.05, 4.69) is 0 Å². The fraction of sp³-hybridized carbons (Fsp3) is 0.500. The Morgan fingerprint density at radius 3 is 2.76 bits per heavy atom. The minimum absolute atomic E-state index is 0.0370. The fourth-order valence-electron chi connectivity index (χ4n) is 2.79. The van der Waals surface area contributed by atoms with Crippen molar-refractivity contribution in [3.63, 3.8) is 0 Å². The summed E-state index contributed by atoms with van der Waals surface area (Å²) in [5.74, 6) is -0.0575. The largest absolute Gasteiger partial charge is 0.506 e. The summed E-state index contributed by atoms with van der Waals surface area (Å²) >= 11 is 5.87. The van der Waals surface area contributed by atoms with Crippen molar-refractivity contribution in [1.29, 1.82) is 0 Å². The molecule has 1 aromatic carbocycles. The number of phenolic OH excluding ortho intramolecular Hbond substituents is 1. The molecule has 0 spiro atoms. The van der Waals surface area contributed by atoms with Crippen LogP contribution in [0.5, 0.6) is 5.75 Å². The fourth-order valence-corrected chi connectivity index (χ4v) is 2.98. The molecule has 0 aliphatic carbocycles. The lowest BCUT2D eigenvalue weighted by Gasteiger charge is -2.29. The van der Waals surface area contributed by atoms with Crippen LogP contribution in [0.2, 0.25) is 5.02 Å². The Kier molecular flexibility index (Phi) is 5.23. The molecule has 1 N–H and O–H groups in total. The number of halogens is 1. The number of rotatable bonds is 3. The second-order valence-corrected chi connectivity index (χ2v) is 5.98. The maximum Gasteiger partial charge on any atom is 0.254 e. The molecule has 5 heteroatoms. The van der Waals surface area contributed by atoms with Crippen molar-refractivity contribution in [3.8, 4) is 5.75 Å². The summed E-state index contributed by atoms with van der Waals surface area (Å²) in [6.45, 7) is 2.22. The number of nitrogens with zero attached hydrogens (tertiary/aromatic N) is 1. The summed E-state index contributed by atoms with van der Waals surface area (Å²) in [6.07, 6.45) is 4.33. The molecular formula is C16H20ClNO3. The number of phenols is 1. The standard InChI is InChI=1S/C16H20ClNO3/c1-11(19)9-13-5-3-2-4-8-18(13)16(21)12-6-7-15(20)14(17)10-12/h6-7,10,13,20H,2-5,8-9H2,1H3. The molecule has 114 valence electrons. The highest BCUT2D eigenvalue weighted by Crippen LogP contribution is 2.26. The molecule has 1 unspecified atom stereocenters. The highest BCUT2D eigenvalue weighted by atomic mass is 35.5.